The number of ketones is 1. The van der Waals surface area contributed by atoms with Gasteiger partial charge in [-0.3, -0.25) is 9.59 Å². The van der Waals surface area contributed by atoms with E-state index in [0.29, 0.717) is 23.1 Å². The van der Waals surface area contributed by atoms with Crippen LogP contribution in [0.25, 0.3) is 0 Å². The van der Waals surface area contributed by atoms with Crippen molar-refractivity contribution in [3.63, 3.8) is 0 Å². The van der Waals surface area contributed by atoms with E-state index in [1.54, 1.807) is 6.92 Å². The maximum absolute atomic E-state index is 11.9. The van der Waals surface area contributed by atoms with E-state index in [1.165, 1.54) is 6.08 Å². The summed E-state index contributed by atoms with van der Waals surface area (Å²) in [5.41, 5.74) is 1.42. The largest absolute Gasteiger partial charge is 0.381 e. The SMILES string of the molecule is C=C(C=O)C1CCC(C)=C2C(=O)C=C(C)C2(O)C1. The summed E-state index contributed by atoms with van der Waals surface area (Å²) in [6.07, 6.45) is 4.12. The Kier molecular flexibility index (Phi) is 3.11. The number of hydrogen-bond donors (Lipinski definition) is 1. The molecule has 1 N–H and O–H groups in total. The highest BCUT2D eigenvalue weighted by atomic mass is 16.3. The number of aldehydes is 1. The molecule has 2 unspecified atom stereocenters. The van der Waals surface area contributed by atoms with Crippen LogP contribution in [-0.4, -0.2) is 22.8 Å². The molecule has 0 aromatic heterocycles. The number of fused-ring (bicyclic) bond motifs is 1. The first-order valence-electron chi connectivity index (χ1n) is 6.20. The molecule has 0 fully saturated rings. The molecule has 3 heteroatoms. The van der Waals surface area contributed by atoms with Crippen LogP contribution in [0.3, 0.4) is 0 Å². The Balaban J connectivity index is 2.45. The van der Waals surface area contributed by atoms with Crippen LogP contribution < -0.4 is 0 Å². The average molecular weight is 246 g/mol. The lowest BCUT2D eigenvalue weighted by molar-refractivity contribution is -0.112. The third-order valence-corrected chi connectivity index (χ3v) is 4.17. The summed E-state index contributed by atoms with van der Waals surface area (Å²) in [5, 5.41) is 10.8. The fraction of sp³-hybridized carbons (Fsp3) is 0.467. The molecule has 2 rings (SSSR count). The van der Waals surface area contributed by atoms with Gasteiger partial charge in [0, 0.05) is 5.57 Å². The molecule has 96 valence electrons. The highest BCUT2D eigenvalue weighted by molar-refractivity contribution is 6.10. The van der Waals surface area contributed by atoms with Crippen LogP contribution in [0.2, 0.25) is 0 Å². The molecule has 0 aromatic rings. The van der Waals surface area contributed by atoms with Crippen molar-refractivity contribution in [3.8, 4) is 0 Å². The maximum Gasteiger partial charge on any atom is 0.185 e. The number of rotatable bonds is 2. The molecular formula is C15H18O3. The lowest BCUT2D eigenvalue weighted by Gasteiger charge is -2.29. The summed E-state index contributed by atoms with van der Waals surface area (Å²) < 4.78 is 0. The van der Waals surface area contributed by atoms with E-state index in [1.807, 2.05) is 6.92 Å². The molecule has 3 nitrogen and oxygen atoms in total. The molecule has 18 heavy (non-hydrogen) atoms. The fourth-order valence-corrected chi connectivity index (χ4v) is 3.00. The van der Waals surface area contributed by atoms with Gasteiger partial charge in [0.25, 0.3) is 0 Å². The molecule has 0 saturated carbocycles. The number of aliphatic hydroxyl groups is 1. The van der Waals surface area contributed by atoms with E-state index in [-0.39, 0.29) is 11.7 Å². The quantitative estimate of drug-likeness (QED) is 0.599. The molecule has 0 heterocycles. The molecule has 2 atom stereocenters. The van der Waals surface area contributed by atoms with E-state index in [2.05, 4.69) is 6.58 Å². The third kappa shape index (κ3) is 1.79. The third-order valence-electron chi connectivity index (χ3n) is 4.17. The zero-order valence-electron chi connectivity index (χ0n) is 10.8. The second kappa shape index (κ2) is 4.32. The van der Waals surface area contributed by atoms with Gasteiger partial charge < -0.3 is 5.11 Å². The second-order valence-corrected chi connectivity index (χ2v) is 5.34. The summed E-state index contributed by atoms with van der Waals surface area (Å²) in [5.74, 6) is -0.154. The van der Waals surface area contributed by atoms with Crippen molar-refractivity contribution in [2.24, 2.45) is 5.92 Å². The first-order chi connectivity index (χ1) is 8.40. The van der Waals surface area contributed by atoms with Gasteiger partial charge in [-0.05, 0) is 56.3 Å². The Morgan fingerprint density at radius 2 is 2.22 bits per heavy atom. The van der Waals surface area contributed by atoms with Gasteiger partial charge in [-0.15, -0.1) is 0 Å². The van der Waals surface area contributed by atoms with Gasteiger partial charge in [0.1, 0.15) is 11.9 Å². The maximum atomic E-state index is 11.9. The van der Waals surface area contributed by atoms with E-state index < -0.39 is 5.60 Å². The molecule has 0 amide bonds. The minimum atomic E-state index is -1.20. The van der Waals surface area contributed by atoms with Crippen molar-refractivity contribution in [1.82, 2.24) is 0 Å². The van der Waals surface area contributed by atoms with Crippen LogP contribution in [0.15, 0.2) is 34.9 Å². The molecule has 0 aliphatic heterocycles. The Morgan fingerprint density at radius 3 is 2.83 bits per heavy atom. The summed E-state index contributed by atoms with van der Waals surface area (Å²) in [6, 6.07) is 0. The van der Waals surface area contributed by atoms with Crippen molar-refractivity contribution in [2.75, 3.05) is 0 Å². The lowest BCUT2D eigenvalue weighted by Crippen LogP contribution is -2.33. The summed E-state index contributed by atoms with van der Waals surface area (Å²) >= 11 is 0. The Hall–Kier alpha value is -1.48. The lowest BCUT2D eigenvalue weighted by atomic mass is 9.81. The first kappa shape index (κ1) is 13.0. The first-order valence-corrected chi connectivity index (χ1v) is 6.20. The van der Waals surface area contributed by atoms with Crippen molar-refractivity contribution in [3.05, 3.63) is 34.9 Å². The van der Waals surface area contributed by atoms with Crippen LogP contribution in [0, 0.1) is 5.92 Å². The standard InChI is InChI=1S/C15H18O3/c1-9-4-5-12(10(2)8-16)7-15(18)11(3)6-13(17)14(9)15/h6,8,12,18H,2,4-5,7H2,1,3H3. The van der Waals surface area contributed by atoms with Crippen molar-refractivity contribution in [2.45, 2.75) is 38.7 Å². The van der Waals surface area contributed by atoms with Crippen molar-refractivity contribution < 1.29 is 14.7 Å². The molecule has 0 saturated heterocycles. The van der Waals surface area contributed by atoms with Gasteiger partial charge >= 0.3 is 0 Å². The minimum Gasteiger partial charge on any atom is -0.381 e. The number of carbonyl (C=O) groups is 2. The zero-order chi connectivity index (χ0) is 13.5. The summed E-state index contributed by atoms with van der Waals surface area (Å²) in [7, 11) is 0. The van der Waals surface area contributed by atoms with Crippen LogP contribution in [0.1, 0.15) is 33.1 Å². The Labute approximate surface area is 107 Å². The second-order valence-electron chi connectivity index (χ2n) is 5.34. The average Bonchev–Trinajstić information content (AvgIpc) is 2.46. The fourth-order valence-electron chi connectivity index (χ4n) is 3.00. The van der Waals surface area contributed by atoms with Gasteiger partial charge in [0.05, 0.1) is 0 Å². The topological polar surface area (TPSA) is 54.4 Å². The summed E-state index contributed by atoms with van der Waals surface area (Å²) in [6.45, 7) is 7.40. The molecule has 0 aromatic carbocycles. The number of allylic oxidation sites excluding steroid dienone is 3. The normalized spacial score (nSPS) is 31.8. The van der Waals surface area contributed by atoms with Crippen LogP contribution in [0.5, 0.6) is 0 Å². The van der Waals surface area contributed by atoms with Crippen molar-refractivity contribution in [1.29, 1.82) is 0 Å². The van der Waals surface area contributed by atoms with Crippen LogP contribution >= 0.6 is 0 Å². The number of carbonyl (C=O) groups excluding carboxylic acids is 2. The van der Waals surface area contributed by atoms with Gasteiger partial charge in [-0.1, -0.05) is 12.2 Å². The van der Waals surface area contributed by atoms with Crippen molar-refractivity contribution >= 4 is 12.1 Å². The van der Waals surface area contributed by atoms with Gasteiger partial charge in [0.2, 0.25) is 0 Å². The smallest absolute Gasteiger partial charge is 0.185 e. The molecule has 2 aliphatic carbocycles. The van der Waals surface area contributed by atoms with E-state index in [4.69, 9.17) is 0 Å². The molecule has 0 spiro atoms. The summed E-state index contributed by atoms with van der Waals surface area (Å²) in [4.78, 5) is 22.8. The molecule has 2 aliphatic rings. The van der Waals surface area contributed by atoms with Crippen LogP contribution in [0.4, 0.5) is 0 Å². The highest BCUT2D eigenvalue weighted by Gasteiger charge is 2.46. The van der Waals surface area contributed by atoms with Gasteiger partial charge in [0.15, 0.2) is 5.78 Å². The minimum absolute atomic E-state index is 0.0609. The molecule has 0 bridgehead atoms. The predicted molar refractivity (Wildman–Crippen MR) is 69.0 cm³/mol. The monoisotopic (exact) mass is 246 g/mol. The van der Waals surface area contributed by atoms with Crippen LogP contribution in [-0.2, 0) is 9.59 Å². The van der Waals surface area contributed by atoms with E-state index >= 15 is 0 Å². The Morgan fingerprint density at radius 1 is 1.56 bits per heavy atom. The highest BCUT2D eigenvalue weighted by Crippen LogP contribution is 2.45. The van der Waals surface area contributed by atoms with Gasteiger partial charge in [-0.2, -0.15) is 0 Å². The van der Waals surface area contributed by atoms with Gasteiger partial charge in [-0.25, -0.2) is 0 Å². The zero-order valence-corrected chi connectivity index (χ0v) is 10.8. The molecular weight excluding hydrogens is 228 g/mol. The number of hydrogen-bond acceptors (Lipinski definition) is 3. The Bertz CT molecular complexity index is 496. The van der Waals surface area contributed by atoms with E-state index in [9.17, 15) is 14.7 Å². The molecule has 0 radical (unpaired) electrons. The predicted octanol–water partition coefficient (Wildman–Crippen LogP) is 2.12. The van der Waals surface area contributed by atoms with E-state index in [0.717, 1.165) is 24.7 Å².